The van der Waals surface area contributed by atoms with E-state index < -0.39 is 6.09 Å². The van der Waals surface area contributed by atoms with Crippen LogP contribution in [-0.4, -0.2) is 46.1 Å². The van der Waals surface area contributed by atoms with Gasteiger partial charge in [0.15, 0.2) is 0 Å². The van der Waals surface area contributed by atoms with E-state index in [-0.39, 0.29) is 12.0 Å². The molecule has 1 fully saturated rings. The molecule has 38 heavy (non-hydrogen) atoms. The van der Waals surface area contributed by atoms with Gasteiger partial charge in [0.05, 0.1) is 29.7 Å². The lowest BCUT2D eigenvalue weighted by atomic mass is 9.81. The van der Waals surface area contributed by atoms with Crippen LogP contribution in [-0.2, 0) is 9.53 Å². The second-order valence-electron chi connectivity index (χ2n) is 10.2. The fourth-order valence-corrected chi connectivity index (χ4v) is 5.35. The number of hydrogen-bond donors (Lipinski definition) is 2. The van der Waals surface area contributed by atoms with Gasteiger partial charge in [0, 0.05) is 37.3 Å². The Morgan fingerprint density at radius 3 is 2.66 bits per heavy atom. The molecule has 2 heterocycles. The van der Waals surface area contributed by atoms with Crippen LogP contribution in [0.25, 0.3) is 16.8 Å². The fraction of sp³-hybridized carbons (Fsp3) is 0.517. The Labute approximate surface area is 224 Å². The first kappa shape index (κ1) is 27.4. The first-order valence-corrected chi connectivity index (χ1v) is 13.5. The van der Waals surface area contributed by atoms with Crippen LogP contribution in [0.5, 0.6) is 5.75 Å². The van der Waals surface area contributed by atoms with Gasteiger partial charge < -0.3 is 14.8 Å². The van der Waals surface area contributed by atoms with Crippen molar-refractivity contribution in [3.63, 3.8) is 0 Å². The van der Waals surface area contributed by atoms with Gasteiger partial charge in [0.25, 0.3) is 0 Å². The summed E-state index contributed by atoms with van der Waals surface area (Å²) in [6, 6.07) is 5.66. The van der Waals surface area contributed by atoms with Crippen LogP contribution in [0.2, 0.25) is 0 Å². The molecule has 1 aliphatic carbocycles. The Morgan fingerprint density at radius 1 is 1.21 bits per heavy atom. The molecule has 1 aliphatic rings. The second kappa shape index (κ2) is 12.3. The van der Waals surface area contributed by atoms with Gasteiger partial charge in [0.2, 0.25) is 5.91 Å². The minimum atomic E-state index is -0.499. The molecule has 0 spiro atoms. The van der Waals surface area contributed by atoms with Gasteiger partial charge >= 0.3 is 6.09 Å². The number of amides is 2. The molecule has 2 aromatic heterocycles. The van der Waals surface area contributed by atoms with Gasteiger partial charge in [-0.25, -0.2) is 9.78 Å². The Kier molecular flexibility index (Phi) is 8.86. The van der Waals surface area contributed by atoms with Gasteiger partial charge in [-0.3, -0.25) is 19.5 Å². The van der Waals surface area contributed by atoms with E-state index >= 15 is 0 Å². The lowest BCUT2D eigenvalue weighted by molar-refractivity contribution is -0.119. The number of carbonyl (C=O) groups excluding carboxylic acids is 2. The standard InChI is InChI=1S/C29H39N5O4/c1-6-7-18(2)38-29(36)32-24-13-12-23(16-25(24)37-5)26-27-19(3)30-14-15-34(27)28(33-26)22-10-8-21(9-11-22)17-31-20(4)35/h12-16,18,21-22H,6-11,17H2,1-5H3,(H,31,35)(H,32,36)/t18?,21-,22-. The van der Waals surface area contributed by atoms with Crippen molar-refractivity contribution in [1.29, 1.82) is 0 Å². The van der Waals surface area contributed by atoms with Crippen LogP contribution >= 0.6 is 0 Å². The minimum Gasteiger partial charge on any atom is -0.495 e. The highest BCUT2D eigenvalue weighted by molar-refractivity contribution is 5.89. The highest BCUT2D eigenvalue weighted by Crippen LogP contribution is 2.39. The molecule has 9 heteroatoms. The maximum absolute atomic E-state index is 12.4. The molecule has 0 aliphatic heterocycles. The lowest BCUT2D eigenvalue weighted by Crippen LogP contribution is -2.29. The molecule has 3 aromatic rings. The van der Waals surface area contributed by atoms with E-state index in [9.17, 15) is 9.59 Å². The number of rotatable bonds is 9. The molecule has 1 aromatic carbocycles. The summed E-state index contributed by atoms with van der Waals surface area (Å²) >= 11 is 0. The number of hydrogen-bond acceptors (Lipinski definition) is 6. The van der Waals surface area contributed by atoms with Crippen LogP contribution in [0.1, 0.15) is 76.7 Å². The summed E-state index contributed by atoms with van der Waals surface area (Å²) in [5.74, 6) is 2.43. The molecule has 0 bridgehead atoms. The molecular weight excluding hydrogens is 482 g/mol. The predicted molar refractivity (Wildman–Crippen MR) is 148 cm³/mol. The Bertz CT molecular complexity index is 1280. The van der Waals surface area contributed by atoms with Gasteiger partial charge in [-0.05, 0) is 64.0 Å². The number of anilines is 1. The average molecular weight is 522 g/mol. The summed E-state index contributed by atoms with van der Waals surface area (Å²) in [5, 5.41) is 5.77. The molecule has 4 rings (SSSR count). The van der Waals surface area contributed by atoms with Gasteiger partial charge in [-0.15, -0.1) is 0 Å². The largest absolute Gasteiger partial charge is 0.495 e. The zero-order valence-corrected chi connectivity index (χ0v) is 23.0. The maximum atomic E-state index is 12.4. The van der Waals surface area contributed by atoms with Crippen molar-refractivity contribution < 1.29 is 19.1 Å². The van der Waals surface area contributed by atoms with E-state index in [1.165, 1.54) is 0 Å². The predicted octanol–water partition coefficient (Wildman–Crippen LogP) is 5.86. The van der Waals surface area contributed by atoms with Crippen molar-refractivity contribution in [3.8, 4) is 17.0 Å². The number of aryl methyl sites for hydroxylation is 1. The summed E-state index contributed by atoms with van der Waals surface area (Å²) in [6.45, 7) is 8.24. The number of ether oxygens (including phenoxy) is 2. The summed E-state index contributed by atoms with van der Waals surface area (Å²) in [4.78, 5) is 33.4. The fourth-order valence-electron chi connectivity index (χ4n) is 5.35. The van der Waals surface area contributed by atoms with Crippen LogP contribution < -0.4 is 15.4 Å². The molecular formula is C29H39N5O4. The smallest absolute Gasteiger partial charge is 0.412 e. The minimum absolute atomic E-state index is 0.0265. The first-order valence-electron chi connectivity index (χ1n) is 13.5. The SMILES string of the molecule is CCCC(C)OC(=O)Nc1ccc(-c2nc([C@H]3CC[C@H](CNC(C)=O)CC3)n3ccnc(C)c23)cc1OC. The number of imidazole rings is 1. The number of fused-ring (bicyclic) bond motifs is 1. The Morgan fingerprint density at radius 2 is 1.97 bits per heavy atom. The number of benzene rings is 1. The van der Waals surface area contributed by atoms with Crippen LogP contribution in [0, 0.1) is 12.8 Å². The molecule has 2 N–H and O–H groups in total. The van der Waals surface area contributed by atoms with Crippen molar-refractivity contribution in [2.75, 3.05) is 19.0 Å². The maximum Gasteiger partial charge on any atom is 0.412 e. The molecule has 204 valence electrons. The van der Waals surface area contributed by atoms with E-state index in [0.29, 0.717) is 23.3 Å². The third-order valence-electron chi connectivity index (χ3n) is 7.33. The van der Waals surface area contributed by atoms with Crippen LogP contribution in [0.15, 0.2) is 30.6 Å². The van der Waals surface area contributed by atoms with E-state index in [1.54, 1.807) is 14.0 Å². The monoisotopic (exact) mass is 521 g/mol. The molecule has 2 amide bonds. The zero-order chi connectivity index (χ0) is 27.2. The number of methoxy groups -OCH3 is 1. The second-order valence-corrected chi connectivity index (χ2v) is 10.2. The highest BCUT2D eigenvalue weighted by atomic mass is 16.6. The van der Waals surface area contributed by atoms with Crippen LogP contribution in [0.4, 0.5) is 10.5 Å². The van der Waals surface area contributed by atoms with Crippen molar-refractivity contribution in [2.45, 2.75) is 78.2 Å². The molecule has 1 unspecified atom stereocenters. The number of nitrogens with one attached hydrogen (secondary N) is 2. The van der Waals surface area contributed by atoms with E-state index in [2.05, 4.69) is 26.9 Å². The Balaban J connectivity index is 1.59. The third-order valence-corrected chi connectivity index (χ3v) is 7.33. The number of aromatic nitrogens is 3. The topological polar surface area (TPSA) is 107 Å². The quantitative estimate of drug-likeness (QED) is 0.365. The summed E-state index contributed by atoms with van der Waals surface area (Å²) < 4.78 is 13.2. The normalized spacial score (nSPS) is 18.1. The first-order chi connectivity index (χ1) is 18.3. The lowest BCUT2D eigenvalue weighted by Gasteiger charge is -2.27. The van der Waals surface area contributed by atoms with Gasteiger partial charge in [-0.2, -0.15) is 0 Å². The molecule has 0 radical (unpaired) electrons. The number of carbonyl (C=O) groups is 2. The van der Waals surface area contributed by atoms with Crippen molar-refractivity contribution in [1.82, 2.24) is 19.7 Å². The van der Waals surface area contributed by atoms with E-state index in [4.69, 9.17) is 14.5 Å². The van der Waals surface area contributed by atoms with E-state index in [0.717, 1.165) is 73.4 Å². The average Bonchev–Trinajstić information content (AvgIpc) is 3.29. The zero-order valence-electron chi connectivity index (χ0n) is 23.0. The molecule has 1 atom stereocenters. The van der Waals surface area contributed by atoms with Crippen molar-refractivity contribution in [3.05, 3.63) is 42.1 Å². The van der Waals surface area contributed by atoms with Crippen molar-refractivity contribution in [2.24, 2.45) is 5.92 Å². The third kappa shape index (κ3) is 6.26. The summed E-state index contributed by atoms with van der Waals surface area (Å²) in [7, 11) is 1.58. The molecule has 1 saturated carbocycles. The molecule has 9 nitrogen and oxygen atoms in total. The van der Waals surface area contributed by atoms with Gasteiger partial charge in [0.1, 0.15) is 17.7 Å². The van der Waals surface area contributed by atoms with Crippen LogP contribution in [0.3, 0.4) is 0 Å². The van der Waals surface area contributed by atoms with E-state index in [1.807, 2.05) is 44.4 Å². The Hall–Kier alpha value is -3.62. The summed E-state index contributed by atoms with van der Waals surface area (Å²) in [6.07, 6.45) is 9.06. The summed E-state index contributed by atoms with van der Waals surface area (Å²) in [5.41, 5.74) is 4.14. The molecule has 0 saturated heterocycles. The number of nitrogens with zero attached hydrogens (tertiary/aromatic N) is 3. The van der Waals surface area contributed by atoms with Crippen molar-refractivity contribution >= 4 is 23.2 Å². The van der Waals surface area contributed by atoms with Gasteiger partial charge in [-0.1, -0.05) is 19.4 Å². The highest BCUT2D eigenvalue weighted by Gasteiger charge is 2.28.